The Morgan fingerprint density at radius 2 is 1.83 bits per heavy atom. The Bertz CT molecular complexity index is 390. The first kappa shape index (κ1) is 13.9. The lowest BCUT2D eigenvalue weighted by molar-refractivity contribution is -0.161. The molecule has 2 atom stereocenters. The summed E-state index contributed by atoms with van der Waals surface area (Å²) < 4.78 is 13.7. The van der Waals surface area contributed by atoms with Crippen LogP contribution in [0.3, 0.4) is 0 Å². The molecule has 1 rings (SSSR count). The largest absolute Gasteiger partial charge is 0.468 e. The minimum Gasteiger partial charge on any atom is -0.468 e. The van der Waals surface area contributed by atoms with E-state index in [0.717, 1.165) is 14.2 Å². The first-order chi connectivity index (χ1) is 8.56. The van der Waals surface area contributed by atoms with Crippen LogP contribution in [0.15, 0.2) is 5.16 Å². The van der Waals surface area contributed by atoms with E-state index in [4.69, 9.17) is 9.57 Å². The molecule has 8 nitrogen and oxygen atoms in total. The summed E-state index contributed by atoms with van der Waals surface area (Å²) in [7, 11) is 2.25. The molecule has 100 valence electrons. The predicted molar refractivity (Wildman–Crippen MR) is 56.5 cm³/mol. The molecule has 0 saturated carbocycles. The number of hydrogen-bond acceptors (Lipinski definition) is 8. The summed E-state index contributed by atoms with van der Waals surface area (Å²) >= 11 is 0. The summed E-state index contributed by atoms with van der Waals surface area (Å²) in [4.78, 5) is 39.2. The van der Waals surface area contributed by atoms with Crippen molar-refractivity contribution >= 4 is 23.6 Å². The zero-order chi connectivity index (χ0) is 13.7. The first-order valence-corrected chi connectivity index (χ1v) is 5.13. The molecule has 18 heavy (non-hydrogen) atoms. The lowest BCUT2D eigenvalue weighted by Gasteiger charge is -2.13. The second kappa shape index (κ2) is 5.99. The molecule has 0 bridgehead atoms. The molecule has 0 radical (unpaired) electrons. The Labute approximate surface area is 103 Å². The highest BCUT2D eigenvalue weighted by molar-refractivity contribution is 6.41. The number of hydrogen-bond donors (Lipinski definition) is 0. The third-order valence-corrected chi connectivity index (χ3v) is 2.24. The van der Waals surface area contributed by atoms with Gasteiger partial charge in [0.1, 0.15) is 0 Å². The van der Waals surface area contributed by atoms with Gasteiger partial charge < -0.3 is 19.0 Å². The van der Waals surface area contributed by atoms with Gasteiger partial charge in [0.2, 0.25) is 6.10 Å². The van der Waals surface area contributed by atoms with Gasteiger partial charge in [-0.15, -0.1) is 0 Å². The van der Waals surface area contributed by atoms with E-state index in [9.17, 15) is 14.4 Å². The second-order valence-electron chi connectivity index (χ2n) is 3.25. The summed E-state index contributed by atoms with van der Waals surface area (Å²) in [6.07, 6.45) is -1.33. The highest BCUT2D eigenvalue weighted by Gasteiger charge is 2.49. The lowest BCUT2D eigenvalue weighted by atomic mass is 9.97. The van der Waals surface area contributed by atoms with Crippen molar-refractivity contribution in [3.05, 3.63) is 0 Å². The van der Waals surface area contributed by atoms with Crippen LogP contribution in [0.4, 0.5) is 0 Å². The molecule has 1 aliphatic heterocycles. The van der Waals surface area contributed by atoms with Crippen molar-refractivity contribution in [2.75, 3.05) is 20.8 Å². The first-order valence-electron chi connectivity index (χ1n) is 5.13. The van der Waals surface area contributed by atoms with Gasteiger partial charge >= 0.3 is 17.9 Å². The summed E-state index contributed by atoms with van der Waals surface area (Å²) in [5, 5.41) is 3.40. The van der Waals surface area contributed by atoms with Gasteiger partial charge in [-0.05, 0) is 6.92 Å². The van der Waals surface area contributed by atoms with Crippen LogP contribution in [-0.4, -0.2) is 50.6 Å². The Kier molecular flexibility index (Phi) is 4.64. The normalized spacial score (nSPS) is 21.6. The number of carbonyl (C=O) groups is 3. The Morgan fingerprint density at radius 3 is 2.33 bits per heavy atom. The maximum atomic E-state index is 11.6. The molecule has 0 N–H and O–H groups in total. The Balaban J connectivity index is 2.95. The molecule has 0 aromatic rings. The predicted octanol–water partition coefficient (Wildman–Crippen LogP) is -0.734. The van der Waals surface area contributed by atoms with Gasteiger partial charge in [0.05, 0.1) is 20.8 Å². The zero-order valence-electron chi connectivity index (χ0n) is 10.2. The van der Waals surface area contributed by atoms with Crippen molar-refractivity contribution in [3.8, 4) is 0 Å². The van der Waals surface area contributed by atoms with E-state index >= 15 is 0 Å². The number of oxime groups is 1. The number of methoxy groups -OCH3 is 2. The van der Waals surface area contributed by atoms with E-state index < -0.39 is 29.9 Å². The number of carbonyl (C=O) groups excluding carboxylic acids is 3. The molecule has 0 saturated heterocycles. The van der Waals surface area contributed by atoms with Crippen LogP contribution in [-0.2, 0) is 33.4 Å². The maximum Gasteiger partial charge on any atom is 0.357 e. The van der Waals surface area contributed by atoms with Crippen LogP contribution in [0.2, 0.25) is 0 Å². The van der Waals surface area contributed by atoms with Crippen molar-refractivity contribution in [1.82, 2.24) is 0 Å². The third kappa shape index (κ3) is 2.58. The monoisotopic (exact) mass is 259 g/mol. The molecular formula is C10H13NO7. The molecular weight excluding hydrogens is 246 g/mol. The van der Waals surface area contributed by atoms with Gasteiger partial charge in [0, 0.05) is 0 Å². The summed E-state index contributed by atoms with van der Waals surface area (Å²) in [6.45, 7) is 1.70. The van der Waals surface area contributed by atoms with E-state index in [-0.39, 0.29) is 12.3 Å². The SMILES string of the molecule is CCOC(=O)C1=NO[C@@H](C(=O)OC)[C@@H]1C(=O)OC. The summed E-state index contributed by atoms with van der Waals surface area (Å²) in [5.41, 5.74) is -0.306. The van der Waals surface area contributed by atoms with E-state index in [2.05, 4.69) is 14.6 Å². The van der Waals surface area contributed by atoms with E-state index in [1.807, 2.05) is 0 Å². The van der Waals surface area contributed by atoms with Crippen LogP contribution in [0.25, 0.3) is 0 Å². The van der Waals surface area contributed by atoms with Crippen molar-refractivity contribution in [2.45, 2.75) is 13.0 Å². The van der Waals surface area contributed by atoms with Gasteiger partial charge in [0.15, 0.2) is 11.6 Å². The summed E-state index contributed by atoms with van der Waals surface area (Å²) in [6, 6.07) is 0. The topological polar surface area (TPSA) is 100 Å². The molecule has 0 amide bonds. The van der Waals surface area contributed by atoms with E-state index in [1.165, 1.54) is 0 Å². The third-order valence-electron chi connectivity index (χ3n) is 2.24. The highest BCUT2D eigenvalue weighted by Crippen LogP contribution is 2.22. The van der Waals surface area contributed by atoms with Gasteiger partial charge in [-0.25, -0.2) is 9.59 Å². The zero-order valence-corrected chi connectivity index (χ0v) is 10.2. The van der Waals surface area contributed by atoms with Crippen molar-refractivity contribution in [1.29, 1.82) is 0 Å². The molecule has 0 aromatic heterocycles. The standard InChI is InChI=1S/C10H13NO7/c1-4-17-9(13)6-5(8(12)15-2)7(18-11-6)10(14)16-3/h5,7H,4H2,1-3H3/t5-,7-/m1/s1. The molecule has 0 unspecified atom stereocenters. The number of nitrogens with zero attached hydrogens (tertiary/aromatic N) is 1. The minimum atomic E-state index is -1.33. The second-order valence-corrected chi connectivity index (χ2v) is 3.25. The molecule has 0 aromatic carbocycles. The van der Waals surface area contributed by atoms with E-state index in [0.29, 0.717) is 0 Å². The van der Waals surface area contributed by atoms with Crippen molar-refractivity contribution in [3.63, 3.8) is 0 Å². The van der Waals surface area contributed by atoms with Crippen LogP contribution in [0.1, 0.15) is 6.92 Å². The number of esters is 3. The number of rotatable bonds is 4. The molecule has 8 heteroatoms. The van der Waals surface area contributed by atoms with E-state index in [1.54, 1.807) is 6.92 Å². The molecule has 1 aliphatic rings. The van der Waals surface area contributed by atoms with Gasteiger partial charge in [0.25, 0.3) is 0 Å². The van der Waals surface area contributed by atoms with Crippen LogP contribution in [0.5, 0.6) is 0 Å². The maximum absolute atomic E-state index is 11.6. The van der Waals surface area contributed by atoms with Crippen LogP contribution < -0.4 is 0 Å². The van der Waals surface area contributed by atoms with Crippen molar-refractivity contribution in [2.24, 2.45) is 11.1 Å². The minimum absolute atomic E-state index is 0.106. The van der Waals surface area contributed by atoms with Gasteiger partial charge in [-0.1, -0.05) is 5.16 Å². The van der Waals surface area contributed by atoms with Gasteiger partial charge in [-0.2, -0.15) is 0 Å². The Morgan fingerprint density at radius 1 is 1.22 bits per heavy atom. The van der Waals surface area contributed by atoms with Crippen LogP contribution in [0, 0.1) is 5.92 Å². The van der Waals surface area contributed by atoms with Gasteiger partial charge in [-0.3, -0.25) is 4.79 Å². The lowest BCUT2D eigenvalue weighted by Crippen LogP contribution is -2.41. The fraction of sp³-hybridized carbons (Fsp3) is 0.600. The molecule has 0 fully saturated rings. The fourth-order valence-electron chi connectivity index (χ4n) is 1.40. The quantitative estimate of drug-likeness (QED) is 0.484. The summed E-state index contributed by atoms with van der Waals surface area (Å²) in [5.74, 6) is -3.76. The fourth-order valence-corrected chi connectivity index (χ4v) is 1.40. The van der Waals surface area contributed by atoms with Crippen LogP contribution >= 0.6 is 0 Å². The smallest absolute Gasteiger partial charge is 0.357 e. The highest BCUT2D eigenvalue weighted by atomic mass is 16.7. The average molecular weight is 259 g/mol. The van der Waals surface area contributed by atoms with Crippen molar-refractivity contribution < 1.29 is 33.4 Å². The molecule has 0 spiro atoms. The molecule has 0 aliphatic carbocycles. The molecule has 1 heterocycles. The number of ether oxygens (including phenoxy) is 3. The average Bonchev–Trinajstić information content (AvgIpc) is 2.81. The Hall–Kier alpha value is -2.12.